The molecule has 0 heterocycles. The molecule has 0 nitrogen and oxygen atoms in total. The van der Waals surface area contributed by atoms with Crippen molar-refractivity contribution in [2.24, 2.45) is 0 Å². The number of hydrogen-bond donors (Lipinski definition) is 0. The van der Waals surface area contributed by atoms with Crippen LogP contribution in [-0.2, 0) is 0 Å². The third kappa shape index (κ3) is 15.7. The Labute approximate surface area is 77.5 Å². The first-order valence-electron chi connectivity index (χ1n) is 2.47. The second-order valence-corrected chi connectivity index (χ2v) is 1.77. The van der Waals surface area contributed by atoms with Gasteiger partial charge in [0.25, 0.3) is 0 Å². The van der Waals surface area contributed by atoms with Gasteiger partial charge in [-0.25, -0.2) is 0 Å². The van der Waals surface area contributed by atoms with Crippen molar-refractivity contribution in [2.45, 2.75) is 26.2 Å². The molecule has 0 spiro atoms. The average Bonchev–Trinajstić information content (AvgIpc) is 1.61. The van der Waals surface area contributed by atoms with Gasteiger partial charge in [0.1, 0.15) is 0 Å². The molecule has 0 aliphatic carbocycles. The molecule has 0 aliphatic heterocycles. The molecule has 3 heteroatoms. The molecule has 0 unspecified atom stereocenters. The maximum absolute atomic E-state index is 5.38. The third-order valence-electron chi connectivity index (χ3n) is 0.737. The molecular weight excluding hydrogens is 135 g/mol. The van der Waals surface area contributed by atoms with Crippen molar-refractivity contribution in [1.82, 2.24) is 0 Å². The van der Waals surface area contributed by atoms with Gasteiger partial charge in [-0.3, -0.25) is 0 Å². The zero-order chi connectivity index (χ0) is 4.83. The number of halogens is 1. The number of alkyl halides is 1. The van der Waals surface area contributed by atoms with Crippen LogP contribution in [0.4, 0.5) is 0 Å². The maximum Gasteiger partial charge on any atom is 1.00 e. The van der Waals surface area contributed by atoms with E-state index in [1.54, 1.807) is 0 Å². The Morgan fingerprint density at radius 3 is 2.00 bits per heavy atom. The van der Waals surface area contributed by atoms with Crippen LogP contribution in [0.15, 0.2) is 0 Å². The van der Waals surface area contributed by atoms with Crippen LogP contribution in [0.3, 0.4) is 0 Å². The van der Waals surface area contributed by atoms with Crippen molar-refractivity contribution in [3.05, 3.63) is 0 Å². The Bertz CT molecular complexity index is 28.9. The predicted octanol–water partition coefficient (Wildman–Crippen LogP) is -0.355. The van der Waals surface area contributed by atoms with Crippen molar-refractivity contribution >= 4 is 25.1 Å². The van der Waals surface area contributed by atoms with Crippen LogP contribution >= 0.6 is 25.1 Å². The van der Waals surface area contributed by atoms with Crippen molar-refractivity contribution in [3.8, 4) is 0 Å². The van der Waals surface area contributed by atoms with Crippen molar-refractivity contribution in [1.29, 1.82) is 0 Å². The van der Waals surface area contributed by atoms with E-state index in [2.05, 4.69) is 6.92 Å². The first kappa shape index (κ1) is 16.1. The number of unbranched alkanes of at least 4 members (excludes halogenated alkanes) is 2. The molecule has 0 aliphatic rings. The van der Waals surface area contributed by atoms with E-state index in [4.69, 9.17) is 11.6 Å². The van der Waals surface area contributed by atoms with Gasteiger partial charge in [0.15, 0.2) is 0 Å². The van der Waals surface area contributed by atoms with E-state index in [9.17, 15) is 0 Å². The van der Waals surface area contributed by atoms with Gasteiger partial charge in [-0.2, -0.15) is 13.5 Å². The summed E-state index contributed by atoms with van der Waals surface area (Å²) in [7, 11) is 0. The molecule has 0 fully saturated rings. The monoisotopic (exact) mass is 148 g/mol. The number of rotatable bonds is 3. The normalized spacial score (nSPS) is 6.75. The summed E-state index contributed by atoms with van der Waals surface area (Å²) in [5.41, 5.74) is 0. The molecule has 0 saturated heterocycles. The van der Waals surface area contributed by atoms with Gasteiger partial charge in [-0.15, -0.1) is 11.6 Å². The molecular formula is C5H14ClLiS. The summed E-state index contributed by atoms with van der Waals surface area (Å²) in [6.07, 6.45) is 3.73. The van der Waals surface area contributed by atoms with E-state index in [1.807, 2.05) is 0 Å². The minimum atomic E-state index is 0. The van der Waals surface area contributed by atoms with E-state index >= 15 is 0 Å². The topological polar surface area (TPSA) is 0 Å². The Morgan fingerprint density at radius 1 is 1.38 bits per heavy atom. The Balaban J connectivity index is -0.0000000417. The Kier molecular flexibility index (Phi) is 31.7. The van der Waals surface area contributed by atoms with Crippen LogP contribution < -0.4 is 18.9 Å². The summed E-state index contributed by atoms with van der Waals surface area (Å²) in [5, 5.41) is 0. The Hall–Kier alpha value is 1.24. The third-order valence-corrected chi connectivity index (χ3v) is 1.00. The molecule has 0 aromatic rings. The van der Waals surface area contributed by atoms with Crippen molar-refractivity contribution in [2.75, 3.05) is 5.88 Å². The van der Waals surface area contributed by atoms with Gasteiger partial charge in [-0.05, 0) is 6.42 Å². The SMILES string of the molecule is CCCCCCl.S.[H-].[Li+]. The summed E-state index contributed by atoms with van der Waals surface area (Å²) < 4.78 is 0. The smallest absolute Gasteiger partial charge is 1.00 e. The fraction of sp³-hybridized carbons (Fsp3) is 1.00. The van der Waals surface area contributed by atoms with Gasteiger partial charge < -0.3 is 1.43 Å². The van der Waals surface area contributed by atoms with E-state index in [1.165, 1.54) is 19.3 Å². The minimum Gasteiger partial charge on any atom is -1.00 e. The second-order valence-electron chi connectivity index (χ2n) is 1.40. The number of hydrogen-bond acceptors (Lipinski definition) is 0. The predicted molar refractivity (Wildman–Crippen MR) is 41.7 cm³/mol. The van der Waals surface area contributed by atoms with Crippen LogP contribution in [0.25, 0.3) is 0 Å². The summed E-state index contributed by atoms with van der Waals surface area (Å²) in [4.78, 5) is 0. The second kappa shape index (κ2) is 15.7. The average molecular weight is 149 g/mol. The quantitative estimate of drug-likeness (QED) is 0.292. The zero-order valence-corrected chi connectivity index (χ0v) is 7.46. The molecule has 0 rings (SSSR count). The molecule has 48 valence electrons. The molecule has 0 saturated carbocycles. The van der Waals surface area contributed by atoms with Gasteiger partial charge in [0, 0.05) is 5.88 Å². The fourth-order valence-corrected chi connectivity index (χ4v) is 0.533. The van der Waals surface area contributed by atoms with Crippen molar-refractivity contribution < 1.29 is 20.3 Å². The standard InChI is InChI=1S/C5H11Cl.Li.H2S.H/c1-2-3-4-5-6;;;/h2-5H2,1H3;;1H2;/q;+1;;-1. The fourth-order valence-electron chi connectivity index (χ4n) is 0.344. The van der Waals surface area contributed by atoms with Crippen LogP contribution in [0.5, 0.6) is 0 Å². The molecule has 0 N–H and O–H groups in total. The molecule has 0 radical (unpaired) electrons. The van der Waals surface area contributed by atoms with Crippen LogP contribution in [0.2, 0.25) is 0 Å². The van der Waals surface area contributed by atoms with Crippen LogP contribution in [-0.4, -0.2) is 5.88 Å². The molecule has 0 aromatic carbocycles. The first-order chi connectivity index (χ1) is 2.91. The molecule has 0 aromatic heterocycles. The summed E-state index contributed by atoms with van der Waals surface area (Å²) in [5.74, 6) is 0.827. The molecule has 0 bridgehead atoms. The van der Waals surface area contributed by atoms with Gasteiger partial charge >= 0.3 is 18.9 Å². The first-order valence-corrected chi connectivity index (χ1v) is 3.01. The van der Waals surface area contributed by atoms with Crippen molar-refractivity contribution in [3.63, 3.8) is 0 Å². The summed E-state index contributed by atoms with van der Waals surface area (Å²) >= 11 is 5.38. The van der Waals surface area contributed by atoms with Crippen LogP contribution in [0, 0.1) is 0 Å². The van der Waals surface area contributed by atoms with E-state index in [0.717, 1.165) is 5.88 Å². The van der Waals surface area contributed by atoms with Crippen LogP contribution in [0.1, 0.15) is 27.6 Å². The Morgan fingerprint density at radius 2 is 1.88 bits per heavy atom. The van der Waals surface area contributed by atoms with Gasteiger partial charge in [-0.1, -0.05) is 19.8 Å². The summed E-state index contributed by atoms with van der Waals surface area (Å²) in [6.45, 7) is 2.17. The van der Waals surface area contributed by atoms with E-state index in [0.29, 0.717) is 0 Å². The minimum absolute atomic E-state index is 0. The molecule has 0 atom stereocenters. The van der Waals surface area contributed by atoms with E-state index in [-0.39, 0.29) is 33.8 Å². The molecule has 0 amide bonds. The zero-order valence-electron chi connectivity index (χ0n) is 6.71. The maximum atomic E-state index is 5.38. The van der Waals surface area contributed by atoms with E-state index < -0.39 is 0 Å². The molecule has 8 heavy (non-hydrogen) atoms. The van der Waals surface area contributed by atoms with Gasteiger partial charge in [0.05, 0.1) is 0 Å². The van der Waals surface area contributed by atoms with Gasteiger partial charge in [0.2, 0.25) is 0 Å². The largest absolute Gasteiger partial charge is 1.00 e. The summed E-state index contributed by atoms with van der Waals surface area (Å²) in [6, 6.07) is 0.